The molecule has 10 heteroatoms. The number of nitrogens with zero attached hydrogens (tertiary/aromatic N) is 3. The number of aliphatic imine (C=N–C) groups is 1. The van der Waals surface area contributed by atoms with Crippen LogP contribution in [0, 0.1) is 25.2 Å². The molecule has 2 N–H and O–H groups in total. The minimum Gasteiger partial charge on any atom is -0.493 e. The van der Waals surface area contributed by atoms with Gasteiger partial charge in [0.2, 0.25) is 15.9 Å². The summed E-state index contributed by atoms with van der Waals surface area (Å²) < 4.78 is 35.3. The Hall–Kier alpha value is -2.97. The highest BCUT2D eigenvalue weighted by Gasteiger charge is 2.29. The number of pyridine rings is 1. The first kappa shape index (κ1) is 32.2. The van der Waals surface area contributed by atoms with Crippen molar-refractivity contribution in [2.75, 3.05) is 26.4 Å². The van der Waals surface area contributed by atoms with Crippen LogP contribution >= 0.6 is 0 Å². The standard InChI is InChI=1S/C29H41N3O6S/c1-7-25-23(6)27(29(35)31(28(25)34)16-18-38-19-17-33)30-20-24-14-9-10-15-26(24)39(36,37)32(8-2)22(5)13-11-12-21(3)4/h1,9-10,14-15,20-22,33-34H,8,11-13,16-19H2,2-6H3. The third-order valence-corrected chi connectivity index (χ3v) is 8.70. The second-order valence-electron chi connectivity index (χ2n) is 9.79. The van der Waals surface area contributed by atoms with E-state index in [0.29, 0.717) is 23.6 Å². The molecule has 1 aromatic heterocycles. The van der Waals surface area contributed by atoms with Gasteiger partial charge in [0.25, 0.3) is 5.56 Å². The van der Waals surface area contributed by atoms with Gasteiger partial charge in [0, 0.05) is 29.9 Å². The smallest absolute Gasteiger partial charge is 0.279 e. The lowest BCUT2D eigenvalue weighted by molar-refractivity contribution is 0.0854. The molecule has 1 aromatic carbocycles. The van der Waals surface area contributed by atoms with Gasteiger partial charge in [-0.2, -0.15) is 4.31 Å². The highest BCUT2D eigenvalue weighted by atomic mass is 32.2. The summed E-state index contributed by atoms with van der Waals surface area (Å²) in [6.45, 7) is 9.92. The minimum absolute atomic E-state index is 0.00668. The molecule has 0 saturated heterocycles. The quantitative estimate of drug-likeness (QED) is 0.194. The molecule has 2 aromatic rings. The van der Waals surface area contributed by atoms with E-state index < -0.39 is 15.6 Å². The van der Waals surface area contributed by atoms with Gasteiger partial charge < -0.3 is 14.9 Å². The van der Waals surface area contributed by atoms with E-state index in [9.17, 15) is 18.3 Å². The monoisotopic (exact) mass is 559 g/mol. The molecule has 39 heavy (non-hydrogen) atoms. The Morgan fingerprint density at radius 2 is 1.90 bits per heavy atom. The van der Waals surface area contributed by atoms with E-state index in [0.717, 1.165) is 23.8 Å². The zero-order valence-electron chi connectivity index (χ0n) is 23.6. The molecule has 0 aliphatic rings. The van der Waals surface area contributed by atoms with Crippen LogP contribution in [0.25, 0.3) is 0 Å². The zero-order valence-corrected chi connectivity index (χ0v) is 24.4. The lowest BCUT2D eigenvalue weighted by Crippen LogP contribution is -2.38. The summed E-state index contributed by atoms with van der Waals surface area (Å²) in [6, 6.07) is 6.35. The number of sulfonamides is 1. The fourth-order valence-electron chi connectivity index (χ4n) is 4.43. The van der Waals surface area contributed by atoms with E-state index in [2.05, 4.69) is 24.8 Å². The molecule has 0 aliphatic carbocycles. The van der Waals surface area contributed by atoms with Gasteiger partial charge in [-0.25, -0.2) is 8.42 Å². The molecule has 9 nitrogen and oxygen atoms in total. The van der Waals surface area contributed by atoms with Gasteiger partial charge in [0.05, 0.1) is 36.8 Å². The van der Waals surface area contributed by atoms with Crippen LogP contribution in [0.4, 0.5) is 5.69 Å². The van der Waals surface area contributed by atoms with E-state index in [4.69, 9.17) is 16.3 Å². The van der Waals surface area contributed by atoms with Crippen molar-refractivity contribution >= 4 is 21.9 Å². The van der Waals surface area contributed by atoms with E-state index >= 15 is 0 Å². The molecule has 0 aliphatic heterocycles. The highest BCUT2D eigenvalue weighted by molar-refractivity contribution is 7.89. The molecule has 0 spiro atoms. The molecule has 2 rings (SSSR count). The van der Waals surface area contributed by atoms with E-state index in [1.54, 1.807) is 25.1 Å². The number of aliphatic hydroxyl groups is 1. The topological polar surface area (TPSA) is 121 Å². The molecule has 1 unspecified atom stereocenters. The maximum absolute atomic E-state index is 13.7. The third-order valence-electron chi connectivity index (χ3n) is 6.54. The fraction of sp³-hybridized carbons (Fsp3) is 0.517. The number of aromatic hydroxyl groups is 1. The molecule has 0 amide bonds. The molecule has 214 valence electrons. The number of hydrogen-bond donors (Lipinski definition) is 2. The summed E-state index contributed by atoms with van der Waals surface area (Å²) in [5.41, 5.74) is 0.138. The lowest BCUT2D eigenvalue weighted by atomic mass is 10.0. The minimum atomic E-state index is -3.85. The predicted octanol–water partition coefficient (Wildman–Crippen LogP) is 3.83. The van der Waals surface area contributed by atoms with Gasteiger partial charge in [-0.05, 0) is 32.3 Å². The number of aromatic nitrogens is 1. The molecule has 1 atom stereocenters. The lowest BCUT2D eigenvalue weighted by Gasteiger charge is -2.28. The molecule has 1 heterocycles. The highest BCUT2D eigenvalue weighted by Crippen LogP contribution is 2.27. The van der Waals surface area contributed by atoms with E-state index in [1.807, 2.05) is 13.8 Å². The van der Waals surface area contributed by atoms with Crippen molar-refractivity contribution in [2.45, 2.75) is 71.4 Å². The van der Waals surface area contributed by atoms with Crippen molar-refractivity contribution in [1.82, 2.24) is 8.87 Å². The van der Waals surface area contributed by atoms with Crippen LogP contribution in [0.15, 0.2) is 38.9 Å². The van der Waals surface area contributed by atoms with Gasteiger partial charge in [-0.3, -0.25) is 14.4 Å². The van der Waals surface area contributed by atoms with Crippen LogP contribution in [0.1, 0.15) is 63.6 Å². The van der Waals surface area contributed by atoms with Crippen LogP contribution in [-0.4, -0.2) is 66.1 Å². The number of aliphatic hydroxyl groups excluding tert-OH is 1. The van der Waals surface area contributed by atoms with Crippen LogP contribution in [0.3, 0.4) is 0 Å². The predicted molar refractivity (Wildman–Crippen MR) is 154 cm³/mol. The summed E-state index contributed by atoms with van der Waals surface area (Å²) in [4.78, 5) is 17.7. The number of terminal acetylenes is 1. The van der Waals surface area contributed by atoms with Gasteiger partial charge in [0.1, 0.15) is 5.69 Å². The van der Waals surface area contributed by atoms with Crippen LogP contribution in [0.5, 0.6) is 5.88 Å². The number of hydrogen-bond acceptors (Lipinski definition) is 7. The molecule has 0 radical (unpaired) electrons. The SMILES string of the molecule is C#Cc1c(C)c(N=Cc2ccccc2S(=O)(=O)N(CC)C(C)CCCC(C)C)c(=O)n(CCOCCO)c1O. The van der Waals surface area contributed by atoms with Gasteiger partial charge in [-0.15, -0.1) is 6.42 Å². The van der Waals surface area contributed by atoms with Crippen molar-refractivity contribution in [1.29, 1.82) is 0 Å². The van der Waals surface area contributed by atoms with Crippen molar-refractivity contribution in [3.63, 3.8) is 0 Å². The Morgan fingerprint density at radius 1 is 1.21 bits per heavy atom. The van der Waals surface area contributed by atoms with Crippen molar-refractivity contribution in [3.05, 3.63) is 51.3 Å². The van der Waals surface area contributed by atoms with Crippen LogP contribution in [-0.2, 0) is 21.3 Å². The van der Waals surface area contributed by atoms with E-state index in [1.165, 1.54) is 16.6 Å². The maximum Gasteiger partial charge on any atom is 0.279 e. The first-order chi connectivity index (χ1) is 18.5. The van der Waals surface area contributed by atoms with Gasteiger partial charge >= 0.3 is 0 Å². The van der Waals surface area contributed by atoms with E-state index in [-0.39, 0.29) is 54.4 Å². The molecule has 0 fully saturated rings. The molecule has 0 saturated carbocycles. The second kappa shape index (κ2) is 15.0. The first-order valence-corrected chi connectivity index (χ1v) is 14.7. The van der Waals surface area contributed by atoms with Crippen LogP contribution in [0.2, 0.25) is 0 Å². The van der Waals surface area contributed by atoms with Crippen molar-refractivity contribution in [3.8, 4) is 18.2 Å². The average molecular weight is 560 g/mol. The summed E-state index contributed by atoms with van der Waals surface area (Å²) in [5, 5.41) is 19.5. The number of benzene rings is 1. The zero-order chi connectivity index (χ0) is 29.2. The number of ether oxygens (including phenoxy) is 1. The average Bonchev–Trinajstić information content (AvgIpc) is 2.88. The molecular formula is C29H41N3O6S. The molecular weight excluding hydrogens is 518 g/mol. The fourth-order valence-corrected chi connectivity index (χ4v) is 6.27. The van der Waals surface area contributed by atoms with Crippen molar-refractivity contribution in [2.24, 2.45) is 10.9 Å². The summed E-state index contributed by atoms with van der Waals surface area (Å²) >= 11 is 0. The summed E-state index contributed by atoms with van der Waals surface area (Å²) in [7, 11) is -3.85. The maximum atomic E-state index is 13.7. The largest absolute Gasteiger partial charge is 0.493 e. The van der Waals surface area contributed by atoms with Gasteiger partial charge in [0.15, 0.2) is 0 Å². The normalized spacial score (nSPS) is 12.9. The Bertz CT molecular complexity index is 1340. The summed E-state index contributed by atoms with van der Waals surface area (Å²) in [6.07, 6.45) is 9.67. The Balaban J connectivity index is 2.49. The molecule has 0 bridgehead atoms. The third kappa shape index (κ3) is 8.02. The second-order valence-corrected chi connectivity index (χ2v) is 11.6. The Kier molecular flexibility index (Phi) is 12.4. The Labute approximate surface area is 232 Å². The van der Waals surface area contributed by atoms with Gasteiger partial charge in [-0.1, -0.05) is 57.7 Å². The first-order valence-electron chi connectivity index (χ1n) is 13.3. The summed E-state index contributed by atoms with van der Waals surface area (Å²) in [5.74, 6) is 2.58. The Morgan fingerprint density at radius 3 is 2.51 bits per heavy atom. The van der Waals surface area contributed by atoms with Crippen molar-refractivity contribution < 1.29 is 23.4 Å². The number of rotatable bonds is 15. The van der Waals surface area contributed by atoms with Crippen LogP contribution < -0.4 is 5.56 Å².